The summed E-state index contributed by atoms with van der Waals surface area (Å²) in [4.78, 5) is 15.9. The third-order valence-corrected chi connectivity index (χ3v) is 3.46. The molecule has 1 saturated heterocycles. The van der Waals surface area contributed by atoms with E-state index in [1.54, 1.807) is 24.5 Å². The molecule has 0 aliphatic carbocycles. The Morgan fingerprint density at radius 1 is 1.41 bits per heavy atom. The van der Waals surface area contributed by atoms with Gasteiger partial charge in [-0.25, -0.2) is 0 Å². The Balaban J connectivity index is 2.03. The van der Waals surface area contributed by atoms with Gasteiger partial charge in [-0.15, -0.1) is 0 Å². The molecule has 92 valence electrons. The fourth-order valence-electron chi connectivity index (χ4n) is 2.34. The molecule has 0 saturated carbocycles. The molecular formula is C13H19N3O. The van der Waals surface area contributed by atoms with Gasteiger partial charge in [0.25, 0.3) is 5.91 Å². The molecule has 17 heavy (non-hydrogen) atoms. The van der Waals surface area contributed by atoms with Crippen LogP contribution in [0.3, 0.4) is 0 Å². The number of amides is 1. The molecule has 0 bridgehead atoms. The van der Waals surface area contributed by atoms with Crippen molar-refractivity contribution >= 4 is 5.91 Å². The van der Waals surface area contributed by atoms with Crippen LogP contribution in [0.1, 0.15) is 30.6 Å². The summed E-state index contributed by atoms with van der Waals surface area (Å²) >= 11 is 0. The number of piperidine rings is 1. The fourth-order valence-corrected chi connectivity index (χ4v) is 2.34. The Kier molecular flexibility index (Phi) is 3.74. The Morgan fingerprint density at radius 2 is 2.12 bits per heavy atom. The topological polar surface area (TPSA) is 54.0 Å². The number of nitrogens with one attached hydrogen (secondary N) is 2. The monoisotopic (exact) mass is 233 g/mol. The van der Waals surface area contributed by atoms with E-state index in [-0.39, 0.29) is 11.9 Å². The summed E-state index contributed by atoms with van der Waals surface area (Å²) < 4.78 is 0. The highest BCUT2D eigenvalue weighted by atomic mass is 16.1. The first kappa shape index (κ1) is 12.0. The molecule has 1 aromatic rings. The average Bonchev–Trinajstić information content (AvgIpc) is 2.35. The highest BCUT2D eigenvalue weighted by molar-refractivity contribution is 5.94. The second kappa shape index (κ2) is 5.27. The lowest BCUT2D eigenvalue weighted by atomic mass is 9.89. The summed E-state index contributed by atoms with van der Waals surface area (Å²) in [5.41, 5.74) is 0.671. The van der Waals surface area contributed by atoms with Crippen molar-refractivity contribution in [1.29, 1.82) is 0 Å². The van der Waals surface area contributed by atoms with Crippen LogP contribution in [0.4, 0.5) is 0 Å². The second-order valence-electron chi connectivity index (χ2n) is 4.74. The lowest BCUT2D eigenvalue weighted by Crippen LogP contribution is -2.55. The van der Waals surface area contributed by atoms with Crippen LogP contribution in [-0.4, -0.2) is 29.5 Å². The number of carbonyl (C=O) groups excluding carboxylic acids is 1. The van der Waals surface area contributed by atoms with Gasteiger partial charge in [0.1, 0.15) is 0 Å². The van der Waals surface area contributed by atoms with E-state index in [0.29, 0.717) is 17.5 Å². The highest BCUT2D eigenvalue weighted by Crippen LogP contribution is 2.16. The molecule has 2 N–H and O–H groups in total. The second-order valence-corrected chi connectivity index (χ2v) is 4.74. The standard InChI is InChI=1S/C13H19N3O/c1-9-3-8-15-10(2)12(9)16-13(17)11-4-6-14-7-5-11/h4-7,9-10,12,15H,3,8H2,1-2H3,(H,16,17). The predicted molar refractivity (Wildman–Crippen MR) is 66.7 cm³/mol. The van der Waals surface area contributed by atoms with Gasteiger partial charge < -0.3 is 10.6 Å². The smallest absolute Gasteiger partial charge is 0.251 e. The molecule has 4 nitrogen and oxygen atoms in total. The van der Waals surface area contributed by atoms with Crippen LogP contribution in [0.15, 0.2) is 24.5 Å². The molecule has 1 aliphatic heterocycles. The van der Waals surface area contributed by atoms with E-state index in [4.69, 9.17) is 0 Å². The van der Waals surface area contributed by atoms with Crippen LogP contribution in [0, 0.1) is 5.92 Å². The van der Waals surface area contributed by atoms with E-state index in [2.05, 4.69) is 29.5 Å². The Morgan fingerprint density at radius 3 is 2.76 bits per heavy atom. The SMILES string of the molecule is CC1CCNC(C)C1NC(=O)c1ccncc1. The number of hydrogen-bond donors (Lipinski definition) is 2. The minimum absolute atomic E-state index is 0.0141. The first-order valence-electron chi connectivity index (χ1n) is 6.13. The number of rotatable bonds is 2. The van der Waals surface area contributed by atoms with Crippen molar-refractivity contribution in [3.05, 3.63) is 30.1 Å². The van der Waals surface area contributed by atoms with E-state index in [1.807, 2.05) is 0 Å². The van der Waals surface area contributed by atoms with Crippen molar-refractivity contribution in [2.75, 3.05) is 6.54 Å². The number of aromatic nitrogens is 1. The van der Waals surface area contributed by atoms with Gasteiger partial charge in [-0.3, -0.25) is 9.78 Å². The summed E-state index contributed by atoms with van der Waals surface area (Å²) in [5, 5.41) is 6.50. The van der Waals surface area contributed by atoms with Crippen LogP contribution in [0.2, 0.25) is 0 Å². The van der Waals surface area contributed by atoms with Gasteiger partial charge in [-0.2, -0.15) is 0 Å². The molecule has 0 radical (unpaired) electrons. The third kappa shape index (κ3) is 2.82. The maximum absolute atomic E-state index is 12.0. The quantitative estimate of drug-likeness (QED) is 0.807. The van der Waals surface area contributed by atoms with Crippen molar-refractivity contribution < 1.29 is 4.79 Å². The zero-order chi connectivity index (χ0) is 12.3. The van der Waals surface area contributed by atoms with Crippen LogP contribution in [0.25, 0.3) is 0 Å². The number of pyridine rings is 1. The third-order valence-electron chi connectivity index (χ3n) is 3.46. The lowest BCUT2D eigenvalue weighted by Gasteiger charge is -2.36. The fraction of sp³-hybridized carbons (Fsp3) is 0.538. The van der Waals surface area contributed by atoms with Crippen molar-refractivity contribution in [1.82, 2.24) is 15.6 Å². The molecule has 1 fully saturated rings. The van der Waals surface area contributed by atoms with Crippen LogP contribution in [0.5, 0.6) is 0 Å². The van der Waals surface area contributed by atoms with E-state index in [9.17, 15) is 4.79 Å². The molecule has 3 atom stereocenters. The maximum Gasteiger partial charge on any atom is 0.251 e. The minimum atomic E-state index is -0.0141. The van der Waals surface area contributed by atoms with Crippen LogP contribution < -0.4 is 10.6 Å². The van der Waals surface area contributed by atoms with Gasteiger partial charge >= 0.3 is 0 Å². The van der Waals surface area contributed by atoms with Gasteiger partial charge in [0, 0.05) is 30.0 Å². The molecule has 2 rings (SSSR count). The largest absolute Gasteiger partial charge is 0.347 e. The van der Waals surface area contributed by atoms with Gasteiger partial charge in [0.05, 0.1) is 0 Å². The van der Waals surface area contributed by atoms with Gasteiger partial charge in [-0.05, 0) is 37.9 Å². The first-order valence-corrected chi connectivity index (χ1v) is 6.13. The van der Waals surface area contributed by atoms with Gasteiger partial charge in [0.15, 0.2) is 0 Å². The molecule has 1 aliphatic rings. The minimum Gasteiger partial charge on any atom is -0.347 e. The van der Waals surface area contributed by atoms with Crippen LogP contribution >= 0.6 is 0 Å². The number of carbonyl (C=O) groups is 1. The summed E-state index contributed by atoms with van der Waals surface area (Å²) in [5.74, 6) is 0.497. The normalized spacial score (nSPS) is 28.7. The molecule has 1 aromatic heterocycles. The lowest BCUT2D eigenvalue weighted by molar-refractivity contribution is 0.0897. The molecule has 1 amide bonds. The van der Waals surface area contributed by atoms with E-state index in [0.717, 1.165) is 13.0 Å². The predicted octanol–water partition coefficient (Wildman–Crippen LogP) is 1.20. The summed E-state index contributed by atoms with van der Waals surface area (Å²) in [6, 6.07) is 4.00. The number of hydrogen-bond acceptors (Lipinski definition) is 3. The molecule has 0 aromatic carbocycles. The van der Waals surface area contributed by atoms with Crippen molar-refractivity contribution in [3.63, 3.8) is 0 Å². The molecule has 0 spiro atoms. The van der Waals surface area contributed by atoms with E-state index < -0.39 is 0 Å². The summed E-state index contributed by atoms with van der Waals surface area (Å²) in [6.45, 7) is 5.34. The van der Waals surface area contributed by atoms with Crippen molar-refractivity contribution in [2.45, 2.75) is 32.4 Å². The maximum atomic E-state index is 12.0. The van der Waals surface area contributed by atoms with E-state index in [1.165, 1.54) is 0 Å². The van der Waals surface area contributed by atoms with Crippen LogP contribution in [-0.2, 0) is 0 Å². The zero-order valence-electron chi connectivity index (χ0n) is 10.3. The van der Waals surface area contributed by atoms with Crippen molar-refractivity contribution in [3.8, 4) is 0 Å². The summed E-state index contributed by atoms with van der Waals surface area (Å²) in [6.07, 6.45) is 4.38. The molecule has 4 heteroatoms. The zero-order valence-corrected chi connectivity index (χ0v) is 10.3. The highest BCUT2D eigenvalue weighted by Gasteiger charge is 2.28. The number of nitrogens with zero attached hydrogens (tertiary/aromatic N) is 1. The Labute approximate surface area is 102 Å². The van der Waals surface area contributed by atoms with Crippen molar-refractivity contribution in [2.24, 2.45) is 5.92 Å². The molecule has 3 unspecified atom stereocenters. The van der Waals surface area contributed by atoms with Gasteiger partial charge in [0.2, 0.25) is 0 Å². The first-order chi connectivity index (χ1) is 8.18. The van der Waals surface area contributed by atoms with E-state index >= 15 is 0 Å². The Hall–Kier alpha value is -1.42. The van der Waals surface area contributed by atoms with Gasteiger partial charge in [-0.1, -0.05) is 6.92 Å². The molecule has 2 heterocycles. The molecular weight excluding hydrogens is 214 g/mol. The average molecular weight is 233 g/mol. The Bertz CT molecular complexity index is 370. The summed E-state index contributed by atoms with van der Waals surface area (Å²) in [7, 11) is 0.